The zero-order valence-corrected chi connectivity index (χ0v) is 13.9. The van der Waals surface area contributed by atoms with Gasteiger partial charge < -0.3 is 10.4 Å². The van der Waals surface area contributed by atoms with Crippen LogP contribution < -0.4 is 5.32 Å². The van der Waals surface area contributed by atoms with Gasteiger partial charge in [-0.1, -0.05) is 23.7 Å². The van der Waals surface area contributed by atoms with Gasteiger partial charge in [-0.2, -0.15) is 10.2 Å². The zero-order chi connectivity index (χ0) is 18.0. The molecule has 1 aromatic carbocycles. The number of rotatable bonds is 5. The van der Waals surface area contributed by atoms with Crippen molar-refractivity contribution in [3.8, 4) is 0 Å². The number of nitrogens with one attached hydrogen (secondary N) is 1. The molecule has 0 spiro atoms. The zero-order valence-electron chi connectivity index (χ0n) is 13.2. The van der Waals surface area contributed by atoms with Crippen LogP contribution >= 0.6 is 11.6 Å². The second-order valence-electron chi connectivity index (χ2n) is 5.38. The van der Waals surface area contributed by atoms with Crippen LogP contribution in [0.15, 0.2) is 42.9 Å². The molecule has 128 valence electrons. The molecule has 0 bridgehead atoms. The van der Waals surface area contributed by atoms with E-state index in [4.69, 9.17) is 16.7 Å². The van der Waals surface area contributed by atoms with Gasteiger partial charge in [0, 0.05) is 25.1 Å². The second-order valence-corrected chi connectivity index (χ2v) is 5.81. The third-order valence-corrected chi connectivity index (χ3v) is 3.63. The third-order valence-electron chi connectivity index (χ3n) is 3.43. The number of carboxylic acid groups (broad SMARTS) is 1. The number of benzene rings is 1. The van der Waals surface area contributed by atoms with Crippen molar-refractivity contribution in [3.63, 3.8) is 0 Å². The number of hydrogen-bond acceptors (Lipinski definition) is 4. The molecule has 3 aromatic rings. The van der Waals surface area contributed by atoms with Crippen LogP contribution in [-0.4, -0.2) is 36.5 Å². The average Bonchev–Trinajstić information content (AvgIpc) is 3.15. The van der Waals surface area contributed by atoms with Gasteiger partial charge in [0.15, 0.2) is 5.69 Å². The summed E-state index contributed by atoms with van der Waals surface area (Å²) in [6, 6.07) is 7.14. The van der Waals surface area contributed by atoms with Crippen molar-refractivity contribution in [1.82, 2.24) is 19.6 Å². The minimum absolute atomic E-state index is 0.00487. The Labute approximate surface area is 147 Å². The Morgan fingerprint density at radius 3 is 2.56 bits per heavy atom. The molecule has 0 radical (unpaired) electrons. The van der Waals surface area contributed by atoms with Crippen molar-refractivity contribution in [3.05, 3.63) is 64.7 Å². The fourth-order valence-electron chi connectivity index (χ4n) is 2.32. The summed E-state index contributed by atoms with van der Waals surface area (Å²) >= 11 is 5.82. The van der Waals surface area contributed by atoms with Crippen molar-refractivity contribution in [2.24, 2.45) is 7.05 Å². The Hall–Kier alpha value is -3.13. The summed E-state index contributed by atoms with van der Waals surface area (Å²) in [7, 11) is 1.56. The normalized spacial score (nSPS) is 10.6. The molecule has 0 unspecified atom stereocenters. The maximum atomic E-state index is 12.3. The van der Waals surface area contributed by atoms with Crippen molar-refractivity contribution in [2.45, 2.75) is 6.54 Å². The SMILES string of the molecule is Cn1cc(C(=O)Nc2ccc(Cn3cc(Cl)cn3)cc2)c(C(=O)O)n1. The van der Waals surface area contributed by atoms with Crippen LogP contribution in [0.4, 0.5) is 5.69 Å². The predicted molar refractivity (Wildman–Crippen MR) is 90.9 cm³/mol. The van der Waals surface area contributed by atoms with E-state index in [2.05, 4.69) is 15.5 Å². The number of nitrogens with zero attached hydrogens (tertiary/aromatic N) is 4. The maximum absolute atomic E-state index is 12.3. The van der Waals surface area contributed by atoms with Gasteiger partial charge in [0.2, 0.25) is 0 Å². The number of hydrogen-bond donors (Lipinski definition) is 2. The number of carboxylic acids is 1. The standard InChI is InChI=1S/C16H14ClN5O3/c1-21-9-13(14(20-21)16(24)25)15(23)19-12-4-2-10(3-5-12)7-22-8-11(17)6-18-22/h2-6,8-9H,7H2,1H3,(H,19,23)(H,24,25). The Morgan fingerprint density at radius 2 is 1.96 bits per heavy atom. The summed E-state index contributed by atoms with van der Waals surface area (Å²) in [6.45, 7) is 0.548. The average molecular weight is 360 g/mol. The molecule has 2 N–H and O–H groups in total. The highest BCUT2D eigenvalue weighted by molar-refractivity contribution is 6.30. The molecule has 2 heterocycles. The summed E-state index contributed by atoms with van der Waals surface area (Å²) in [6.07, 6.45) is 4.64. The largest absolute Gasteiger partial charge is 0.476 e. The van der Waals surface area contributed by atoms with E-state index in [1.54, 1.807) is 36.3 Å². The smallest absolute Gasteiger partial charge is 0.357 e. The van der Waals surface area contributed by atoms with Crippen LogP contribution in [0.2, 0.25) is 5.02 Å². The number of halogens is 1. The van der Waals surface area contributed by atoms with E-state index in [-0.39, 0.29) is 11.3 Å². The van der Waals surface area contributed by atoms with Gasteiger partial charge in [0.1, 0.15) is 0 Å². The first-order valence-corrected chi connectivity index (χ1v) is 7.65. The van der Waals surface area contributed by atoms with E-state index >= 15 is 0 Å². The van der Waals surface area contributed by atoms with Gasteiger partial charge in [0.25, 0.3) is 5.91 Å². The summed E-state index contributed by atoms with van der Waals surface area (Å²) in [5.41, 5.74) is 1.25. The predicted octanol–water partition coefficient (Wildman–Crippen LogP) is 2.27. The molecule has 3 rings (SSSR count). The molecule has 0 aliphatic heterocycles. The number of carbonyl (C=O) groups is 2. The Bertz CT molecular complexity index is 930. The second kappa shape index (κ2) is 6.78. The van der Waals surface area contributed by atoms with E-state index in [1.807, 2.05) is 12.1 Å². The summed E-state index contributed by atoms with van der Waals surface area (Å²) in [4.78, 5) is 23.4. The molecule has 8 nitrogen and oxygen atoms in total. The summed E-state index contributed by atoms with van der Waals surface area (Å²) < 4.78 is 2.99. The molecule has 0 saturated heterocycles. The van der Waals surface area contributed by atoms with Gasteiger partial charge in [-0.25, -0.2) is 4.79 Å². The highest BCUT2D eigenvalue weighted by Crippen LogP contribution is 2.15. The molecule has 1 amide bonds. The van der Waals surface area contributed by atoms with Gasteiger partial charge >= 0.3 is 5.97 Å². The Balaban J connectivity index is 1.71. The van der Waals surface area contributed by atoms with E-state index in [0.29, 0.717) is 17.3 Å². The number of aryl methyl sites for hydroxylation is 1. The van der Waals surface area contributed by atoms with Gasteiger partial charge in [-0.05, 0) is 17.7 Å². The molecule has 0 aliphatic rings. The topological polar surface area (TPSA) is 102 Å². The fraction of sp³-hybridized carbons (Fsp3) is 0.125. The number of amides is 1. The van der Waals surface area contributed by atoms with Crippen molar-refractivity contribution < 1.29 is 14.7 Å². The molecule has 9 heteroatoms. The van der Waals surface area contributed by atoms with E-state index in [9.17, 15) is 9.59 Å². The molecule has 0 saturated carbocycles. The fourth-order valence-corrected chi connectivity index (χ4v) is 2.47. The lowest BCUT2D eigenvalue weighted by molar-refractivity contribution is 0.0685. The quantitative estimate of drug-likeness (QED) is 0.727. The van der Waals surface area contributed by atoms with Crippen LogP contribution in [0.3, 0.4) is 0 Å². The molecular weight excluding hydrogens is 346 g/mol. The van der Waals surface area contributed by atoms with Crippen LogP contribution in [0.1, 0.15) is 26.4 Å². The number of anilines is 1. The van der Waals surface area contributed by atoms with Crippen LogP contribution in [0, 0.1) is 0 Å². The van der Waals surface area contributed by atoms with Crippen molar-refractivity contribution in [2.75, 3.05) is 5.32 Å². The van der Waals surface area contributed by atoms with E-state index in [1.165, 1.54) is 10.9 Å². The molecule has 0 atom stereocenters. The lowest BCUT2D eigenvalue weighted by atomic mass is 10.2. The molecule has 0 fully saturated rings. The minimum Gasteiger partial charge on any atom is -0.476 e. The lowest BCUT2D eigenvalue weighted by Gasteiger charge is -2.06. The van der Waals surface area contributed by atoms with E-state index in [0.717, 1.165) is 5.56 Å². The highest BCUT2D eigenvalue weighted by atomic mass is 35.5. The minimum atomic E-state index is -1.25. The van der Waals surface area contributed by atoms with Crippen LogP contribution in [-0.2, 0) is 13.6 Å². The summed E-state index contributed by atoms with van der Waals surface area (Å²) in [5.74, 6) is -1.78. The number of carbonyl (C=O) groups excluding carboxylic acids is 1. The lowest BCUT2D eigenvalue weighted by Crippen LogP contribution is -2.15. The summed E-state index contributed by atoms with van der Waals surface area (Å²) in [5, 5.41) is 20.2. The molecule has 25 heavy (non-hydrogen) atoms. The molecule has 0 aliphatic carbocycles. The number of aromatic nitrogens is 4. The Morgan fingerprint density at radius 1 is 1.24 bits per heavy atom. The monoisotopic (exact) mass is 359 g/mol. The third kappa shape index (κ3) is 3.86. The van der Waals surface area contributed by atoms with Crippen molar-refractivity contribution >= 4 is 29.2 Å². The van der Waals surface area contributed by atoms with Crippen molar-refractivity contribution in [1.29, 1.82) is 0 Å². The Kier molecular flexibility index (Phi) is 4.53. The van der Waals surface area contributed by atoms with Gasteiger partial charge in [0.05, 0.1) is 23.3 Å². The molecule has 2 aromatic heterocycles. The van der Waals surface area contributed by atoms with E-state index < -0.39 is 11.9 Å². The first kappa shape index (κ1) is 16.7. The van der Waals surface area contributed by atoms with Gasteiger partial charge in [-0.3, -0.25) is 14.2 Å². The highest BCUT2D eigenvalue weighted by Gasteiger charge is 2.20. The first-order chi connectivity index (χ1) is 11.9. The first-order valence-electron chi connectivity index (χ1n) is 7.27. The maximum Gasteiger partial charge on any atom is 0.357 e. The molecular formula is C16H14ClN5O3. The van der Waals surface area contributed by atoms with Crippen LogP contribution in [0.25, 0.3) is 0 Å². The van der Waals surface area contributed by atoms with Crippen LogP contribution in [0.5, 0.6) is 0 Å². The number of aromatic carboxylic acids is 1. The van der Waals surface area contributed by atoms with Gasteiger partial charge in [-0.15, -0.1) is 0 Å².